The molecule has 3 N–H and O–H groups in total. The molecule has 11 heteroatoms. The Bertz CT molecular complexity index is 465. The molecule has 0 aromatic carbocycles. The minimum absolute atomic E-state index is 0.571. The summed E-state index contributed by atoms with van der Waals surface area (Å²) in [7, 11) is -5.17. The van der Waals surface area contributed by atoms with Gasteiger partial charge in [0.15, 0.2) is 11.6 Å². The van der Waals surface area contributed by atoms with Crippen LogP contribution in [-0.4, -0.2) is 54.0 Å². The average molecular weight is 291 g/mol. The Labute approximate surface area is 110 Å². The molecule has 1 aliphatic heterocycles. The topological polar surface area (TPSA) is 157 Å². The summed E-state index contributed by atoms with van der Waals surface area (Å²) >= 11 is 0. The van der Waals surface area contributed by atoms with Crippen LogP contribution in [0, 0.1) is 0 Å². The highest BCUT2D eigenvalue weighted by Gasteiger charge is 2.12. The number of nitrogens with two attached hydrogens (primary N) is 1. The molecule has 2 rings (SSSR count). The molecule has 19 heavy (non-hydrogen) atoms. The Balaban J connectivity index is 0.000000312. The van der Waals surface area contributed by atoms with Crippen molar-refractivity contribution in [3.63, 3.8) is 0 Å². The summed E-state index contributed by atoms with van der Waals surface area (Å²) in [5, 5.41) is 7.95. The molecule has 0 bridgehead atoms. The van der Waals surface area contributed by atoms with Crippen molar-refractivity contribution in [2.75, 3.05) is 36.6 Å². The number of rotatable bonds is 2. The quantitative estimate of drug-likeness (QED) is 0.277. The first-order valence-corrected chi connectivity index (χ1v) is 6.53. The number of nitrogens with zero attached hydrogens (tertiary/aromatic N) is 3. The molecule has 1 aliphatic rings. The van der Waals surface area contributed by atoms with Crippen molar-refractivity contribution in [1.29, 1.82) is 0 Å². The zero-order valence-electron chi connectivity index (χ0n) is 9.85. The fourth-order valence-electron chi connectivity index (χ4n) is 1.36. The highest BCUT2D eigenvalue weighted by atomic mass is 32.3. The third kappa shape index (κ3) is 6.83. The van der Waals surface area contributed by atoms with Crippen LogP contribution in [0.15, 0.2) is 12.1 Å². The normalized spacial score (nSPS) is 15.4. The number of nitrogens with one attached hydrogen (secondary N) is 1. The highest BCUT2D eigenvalue weighted by Crippen LogP contribution is 2.12. The number of hydrogen-bond acceptors (Lipinski definition) is 10. The lowest BCUT2D eigenvalue weighted by atomic mass is 10.4. The van der Waals surface area contributed by atoms with E-state index in [1.54, 1.807) is 6.07 Å². The molecule has 0 atom stereocenters. The van der Waals surface area contributed by atoms with E-state index in [9.17, 15) is 0 Å². The van der Waals surface area contributed by atoms with E-state index in [0.29, 0.717) is 5.82 Å². The SMILES string of the molecule is NNc1ccc(N2CCOCC2)nn1.O=S(=O)([O-])[O-]. The Kier molecular flexibility index (Phi) is 5.85. The predicted octanol–water partition coefficient (Wildman–Crippen LogP) is -1.74. The minimum atomic E-state index is -5.17. The summed E-state index contributed by atoms with van der Waals surface area (Å²) in [6, 6.07) is 3.70. The average Bonchev–Trinajstić information content (AvgIpc) is 2.38. The maximum Gasteiger partial charge on any atom is 0.162 e. The van der Waals surface area contributed by atoms with Crippen LogP contribution < -0.4 is 16.2 Å². The summed E-state index contributed by atoms with van der Waals surface area (Å²) in [5.41, 5.74) is 2.44. The molecular formula is C8H13N5O5S-2. The van der Waals surface area contributed by atoms with Gasteiger partial charge < -0.3 is 24.2 Å². The van der Waals surface area contributed by atoms with E-state index in [1.165, 1.54) is 0 Å². The van der Waals surface area contributed by atoms with Crippen LogP contribution in [0.3, 0.4) is 0 Å². The van der Waals surface area contributed by atoms with Crippen molar-refractivity contribution in [3.8, 4) is 0 Å². The molecule has 108 valence electrons. The molecule has 1 aromatic rings. The fraction of sp³-hybridized carbons (Fsp3) is 0.500. The van der Waals surface area contributed by atoms with Crippen molar-refractivity contribution in [3.05, 3.63) is 12.1 Å². The zero-order valence-corrected chi connectivity index (χ0v) is 10.7. The van der Waals surface area contributed by atoms with Crippen molar-refractivity contribution in [2.45, 2.75) is 0 Å². The van der Waals surface area contributed by atoms with Gasteiger partial charge >= 0.3 is 0 Å². The maximum atomic E-state index is 8.52. The van der Waals surface area contributed by atoms with Gasteiger partial charge in [-0.05, 0) is 12.1 Å². The first-order chi connectivity index (χ1) is 8.90. The summed E-state index contributed by atoms with van der Waals surface area (Å²) in [5.74, 6) is 6.63. The van der Waals surface area contributed by atoms with Gasteiger partial charge in [0.25, 0.3) is 0 Å². The van der Waals surface area contributed by atoms with Crippen LogP contribution in [-0.2, 0) is 15.1 Å². The van der Waals surface area contributed by atoms with Crippen LogP contribution in [0.5, 0.6) is 0 Å². The minimum Gasteiger partial charge on any atom is -0.759 e. The lowest BCUT2D eigenvalue weighted by Gasteiger charge is -2.27. The van der Waals surface area contributed by atoms with Crippen molar-refractivity contribution >= 4 is 22.0 Å². The zero-order chi connectivity index (χ0) is 14.3. The molecule has 0 unspecified atom stereocenters. The lowest BCUT2D eigenvalue weighted by molar-refractivity contribution is 0.122. The number of nitrogen functional groups attached to an aromatic ring is 1. The molecular weight excluding hydrogens is 278 g/mol. The molecule has 0 saturated carbocycles. The molecule has 1 fully saturated rings. The second kappa shape index (κ2) is 7.16. The molecule has 1 aromatic heterocycles. The number of hydrogen-bond donors (Lipinski definition) is 2. The van der Waals surface area contributed by atoms with Crippen molar-refractivity contribution in [1.82, 2.24) is 10.2 Å². The number of aromatic nitrogens is 2. The smallest absolute Gasteiger partial charge is 0.162 e. The van der Waals surface area contributed by atoms with Gasteiger partial charge in [-0.2, -0.15) is 0 Å². The molecule has 0 radical (unpaired) electrons. The monoisotopic (exact) mass is 291 g/mol. The maximum absolute atomic E-state index is 8.52. The second-order valence-corrected chi connectivity index (χ2v) is 4.25. The van der Waals surface area contributed by atoms with Crippen LogP contribution in [0.4, 0.5) is 11.6 Å². The fourth-order valence-corrected chi connectivity index (χ4v) is 1.36. The molecule has 2 heterocycles. The van der Waals surface area contributed by atoms with Crippen LogP contribution in [0.1, 0.15) is 0 Å². The van der Waals surface area contributed by atoms with E-state index in [0.717, 1.165) is 32.1 Å². The summed E-state index contributed by atoms with van der Waals surface area (Å²) in [6.45, 7) is 3.23. The van der Waals surface area contributed by atoms with Crippen molar-refractivity contribution in [2.24, 2.45) is 5.84 Å². The van der Waals surface area contributed by atoms with Gasteiger partial charge in [0.2, 0.25) is 0 Å². The Morgan fingerprint density at radius 3 is 2.26 bits per heavy atom. The van der Waals surface area contributed by atoms with E-state index < -0.39 is 10.4 Å². The third-order valence-electron chi connectivity index (χ3n) is 2.13. The first kappa shape index (κ1) is 15.5. The van der Waals surface area contributed by atoms with E-state index in [4.69, 9.17) is 28.1 Å². The van der Waals surface area contributed by atoms with Crippen LogP contribution in [0.2, 0.25) is 0 Å². The Morgan fingerprint density at radius 2 is 1.84 bits per heavy atom. The predicted molar refractivity (Wildman–Crippen MR) is 63.3 cm³/mol. The van der Waals surface area contributed by atoms with E-state index in [2.05, 4.69) is 20.5 Å². The first-order valence-electron chi connectivity index (χ1n) is 5.20. The number of anilines is 2. The van der Waals surface area contributed by atoms with E-state index >= 15 is 0 Å². The highest BCUT2D eigenvalue weighted by molar-refractivity contribution is 7.79. The van der Waals surface area contributed by atoms with Gasteiger partial charge in [-0.1, -0.05) is 0 Å². The summed E-state index contributed by atoms with van der Waals surface area (Å²) in [4.78, 5) is 2.14. The van der Waals surface area contributed by atoms with Gasteiger partial charge in [0.05, 0.1) is 13.2 Å². The molecule has 0 spiro atoms. The number of ether oxygens (including phenoxy) is 1. The molecule has 10 nitrogen and oxygen atoms in total. The van der Waals surface area contributed by atoms with Gasteiger partial charge in [0, 0.05) is 23.5 Å². The Morgan fingerprint density at radius 1 is 1.26 bits per heavy atom. The van der Waals surface area contributed by atoms with Gasteiger partial charge in [0.1, 0.15) is 0 Å². The largest absolute Gasteiger partial charge is 0.759 e. The number of morpholine rings is 1. The molecule has 0 aliphatic carbocycles. The summed E-state index contributed by atoms with van der Waals surface area (Å²) in [6.07, 6.45) is 0. The van der Waals surface area contributed by atoms with Crippen molar-refractivity contribution < 1.29 is 22.3 Å². The van der Waals surface area contributed by atoms with E-state index in [1.807, 2.05) is 6.07 Å². The standard InChI is InChI=1S/C8H13N5O.H2O4S/c9-10-7-1-2-8(12-11-7)13-3-5-14-6-4-13;1-5(2,3)4/h1-2H,3-6,9H2,(H,10,11);(H2,1,2,3,4)/p-2. The lowest BCUT2D eigenvalue weighted by Crippen LogP contribution is -2.36. The van der Waals surface area contributed by atoms with Gasteiger partial charge in [-0.25, -0.2) is 5.84 Å². The second-order valence-electron chi connectivity index (χ2n) is 3.43. The summed E-state index contributed by atoms with van der Waals surface area (Å²) < 4.78 is 39.3. The Hall–Kier alpha value is -1.53. The third-order valence-corrected chi connectivity index (χ3v) is 2.13. The molecule has 0 amide bonds. The van der Waals surface area contributed by atoms with E-state index in [-0.39, 0.29) is 0 Å². The van der Waals surface area contributed by atoms with Gasteiger partial charge in [-0.3, -0.25) is 8.42 Å². The van der Waals surface area contributed by atoms with Crippen LogP contribution in [0.25, 0.3) is 0 Å². The van der Waals surface area contributed by atoms with Gasteiger partial charge in [-0.15, -0.1) is 10.2 Å². The molecule has 1 saturated heterocycles. The number of hydrazine groups is 1. The van der Waals surface area contributed by atoms with Crippen LogP contribution >= 0.6 is 0 Å².